The van der Waals surface area contributed by atoms with Crippen LogP contribution in [0.1, 0.15) is 6.92 Å². The Balaban J connectivity index is 4.49. The molecule has 0 aliphatic carbocycles. The molecule has 4 nitrogen and oxygen atoms in total. The maximum Gasteiger partial charge on any atom is 0.299 e. The highest BCUT2D eigenvalue weighted by Crippen LogP contribution is 1.99. The maximum atomic E-state index is 11.4. The fourth-order valence-electron chi connectivity index (χ4n) is 0.935. The molecule has 0 bridgehead atoms. The van der Waals surface area contributed by atoms with Gasteiger partial charge in [-0.2, -0.15) is 0 Å². The van der Waals surface area contributed by atoms with Gasteiger partial charge < -0.3 is 14.8 Å². The molecule has 0 N–H and O–H groups in total. The van der Waals surface area contributed by atoms with Gasteiger partial charge in [0.1, 0.15) is 0 Å². The van der Waals surface area contributed by atoms with Gasteiger partial charge in [0.2, 0.25) is 0 Å². The molecule has 0 aliphatic rings. The summed E-state index contributed by atoms with van der Waals surface area (Å²) in [5, 5.41) is 11.4. The molecule has 0 saturated carbocycles. The van der Waals surface area contributed by atoms with Crippen LogP contribution in [-0.2, 0) is 0 Å². The molecule has 0 aliphatic heterocycles. The van der Waals surface area contributed by atoms with Crippen molar-refractivity contribution >= 4 is 5.96 Å². The van der Waals surface area contributed by atoms with Crippen molar-refractivity contribution in [2.24, 2.45) is 4.99 Å². The van der Waals surface area contributed by atoms with E-state index in [1.807, 2.05) is 21.0 Å². The quantitative estimate of drug-likeness (QED) is 0.242. The van der Waals surface area contributed by atoms with E-state index in [0.29, 0.717) is 12.5 Å². The van der Waals surface area contributed by atoms with Crippen LogP contribution in [0.4, 0.5) is 0 Å². The Morgan fingerprint density at radius 2 is 1.91 bits per heavy atom. The van der Waals surface area contributed by atoms with E-state index in [2.05, 4.69) is 4.99 Å². The molecular weight excluding hydrogens is 142 g/mol. The molecule has 0 aromatic carbocycles. The molecule has 0 saturated heterocycles. The lowest BCUT2D eigenvalue weighted by molar-refractivity contribution is -0.749. The molecule has 0 fully saturated rings. The van der Waals surface area contributed by atoms with E-state index in [0.717, 1.165) is 0 Å². The van der Waals surface area contributed by atoms with Gasteiger partial charge in [-0.1, -0.05) is 0 Å². The third-order valence-electron chi connectivity index (χ3n) is 1.18. The van der Waals surface area contributed by atoms with Crippen molar-refractivity contribution in [2.75, 3.05) is 34.7 Å². The highest BCUT2D eigenvalue weighted by Gasteiger charge is 2.15. The highest BCUT2D eigenvalue weighted by molar-refractivity contribution is 5.72. The minimum atomic E-state index is -0.471. The monoisotopic (exact) mass is 159 g/mol. The van der Waals surface area contributed by atoms with Gasteiger partial charge in [0.15, 0.2) is 0 Å². The van der Waals surface area contributed by atoms with E-state index in [4.69, 9.17) is 0 Å². The number of hydrogen-bond donors (Lipinski definition) is 0. The summed E-state index contributed by atoms with van der Waals surface area (Å²) in [5.41, 5.74) is 0. The Morgan fingerprint density at radius 1 is 1.45 bits per heavy atom. The van der Waals surface area contributed by atoms with Gasteiger partial charge in [-0.25, -0.2) is 4.99 Å². The highest BCUT2D eigenvalue weighted by atomic mass is 16.5. The number of guanidine groups is 1. The number of aliphatic imine (C=N–C) groups is 1. The van der Waals surface area contributed by atoms with Crippen LogP contribution in [-0.4, -0.2) is 50.2 Å². The molecule has 0 aromatic heterocycles. The van der Waals surface area contributed by atoms with Crippen molar-refractivity contribution < 1.29 is 4.65 Å². The lowest BCUT2D eigenvalue weighted by atomic mass is 10.6. The second kappa shape index (κ2) is 3.69. The van der Waals surface area contributed by atoms with E-state index >= 15 is 0 Å². The van der Waals surface area contributed by atoms with Crippen LogP contribution < -0.4 is 0 Å². The van der Waals surface area contributed by atoms with Crippen molar-refractivity contribution in [1.29, 1.82) is 0 Å². The zero-order chi connectivity index (χ0) is 9.07. The molecule has 0 spiro atoms. The van der Waals surface area contributed by atoms with Gasteiger partial charge in [0.05, 0.1) is 14.1 Å². The van der Waals surface area contributed by atoms with Crippen molar-refractivity contribution in [3.8, 4) is 0 Å². The van der Waals surface area contributed by atoms with Gasteiger partial charge in [-0.3, -0.25) is 0 Å². The second-order valence-electron chi connectivity index (χ2n) is 3.02. The molecule has 0 amide bonds. The fraction of sp³-hybridized carbons (Fsp3) is 0.857. The predicted molar refractivity (Wildman–Crippen MR) is 47.1 cm³/mol. The molecule has 0 atom stereocenters. The first-order valence-electron chi connectivity index (χ1n) is 3.67. The largest absolute Gasteiger partial charge is 0.625 e. The van der Waals surface area contributed by atoms with Crippen molar-refractivity contribution in [3.63, 3.8) is 0 Å². The van der Waals surface area contributed by atoms with Crippen LogP contribution in [0.3, 0.4) is 0 Å². The molecule has 0 unspecified atom stereocenters. The van der Waals surface area contributed by atoms with E-state index in [-0.39, 0.29) is 0 Å². The SMILES string of the molecule is CCN=C(N(C)C)[N+](C)(C)[O-]. The van der Waals surface area contributed by atoms with Gasteiger partial charge in [0.25, 0.3) is 5.96 Å². The summed E-state index contributed by atoms with van der Waals surface area (Å²) in [5.74, 6) is 0.549. The van der Waals surface area contributed by atoms with Crippen LogP contribution in [0.5, 0.6) is 0 Å². The van der Waals surface area contributed by atoms with E-state index in [9.17, 15) is 5.21 Å². The third kappa shape index (κ3) is 3.34. The number of hydrogen-bond acceptors (Lipinski definition) is 2. The molecule has 66 valence electrons. The summed E-state index contributed by atoms with van der Waals surface area (Å²) in [6.07, 6.45) is 0. The summed E-state index contributed by atoms with van der Waals surface area (Å²) in [7, 11) is 6.78. The van der Waals surface area contributed by atoms with Crippen molar-refractivity contribution in [2.45, 2.75) is 6.92 Å². The van der Waals surface area contributed by atoms with Gasteiger partial charge in [-0.05, 0) is 6.92 Å². The topological polar surface area (TPSA) is 38.7 Å². The van der Waals surface area contributed by atoms with Crippen molar-refractivity contribution in [1.82, 2.24) is 4.90 Å². The Morgan fingerprint density at radius 3 is 2.00 bits per heavy atom. The van der Waals surface area contributed by atoms with Crippen LogP contribution in [0.2, 0.25) is 0 Å². The average Bonchev–Trinajstić information content (AvgIpc) is 1.79. The fourth-order valence-corrected chi connectivity index (χ4v) is 0.935. The summed E-state index contributed by atoms with van der Waals surface area (Å²) in [6, 6.07) is 0. The molecule has 0 radical (unpaired) electrons. The first-order chi connectivity index (χ1) is 4.89. The zero-order valence-electron chi connectivity index (χ0n) is 7.96. The number of rotatable bonds is 1. The molecular formula is C7H17N3O. The maximum absolute atomic E-state index is 11.4. The zero-order valence-corrected chi connectivity index (χ0v) is 7.96. The molecule has 0 aromatic rings. The van der Waals surface area contributed by atoms with Gasteiger partial charge in [0, 0.05) is 20.6 Å². The Kier molecular flexibility index (Phi) is 3.48. The Labute approximate surface area is 68.3 Å². The van der Waals surface area contributed by atoms with E-state index in [1.54, 1.807) is 19.0 Å². The average molecular weight is 159 g/mol. The summed E-state index contributed by atoms with van der Waals surface area (Å²) < 4.78 is -0.471. The number of nitrogens with zero attached hydrogens (tertiary/aromatic N) is 3. The second-order valence-corrected chi connectivity index (χ2v) is 3.02. The van der Waals surface area contributed by atoms with Crippen LogP contribution >= 0.6 is 0 Å². The molecule has 0 rings (SSSR count). The smallest absolute Gasteiger partial charge is 0.299 e. The Hall–Kier alpha value is -0.610. The lowest BCUT2D eigenvalue weighted by Gasteiger charge is -2.36. The first kappa shape index (κ1) is 10.4. The standard InChI is InChI=1S/C7H17N3O/c1-6-8-7(9(2)3)10(4,5)11/h6H2,1-5H3. The van der Waals surface area contributed by atoms with Crippen LogP contribution in [0.25, 0.3) is 0 Å². The van der Waals surface area contributed by atoms with Crippen LogP contribution in [0.15, 0.2) is 4.99 Å². The molecule has 0 heterocycles. The van der Waals surface area contributed by atoms with E-state index in [1.165, 1.54) is 0 Å². The molecule has 4 heteroatoms. The normalized spacial score (nSPS) is 13.5. The third-order valence-corrected chi connectivity index (χ3v) is 1.18. The summed E-state index contributed by atoms with van der Waals surface area (Å²) in [4.78, 5) is 5.84. The van der Waals surface area contributed by atoms with Gasteiger partial charge in [-0.15, -0.1) is 0 Å². The van der Waals surface area contributed by atoms with E-state index < -0.39 is 4.65 Å². The summed E-state index contributed by atoms with van der Waals surface area (Å²) >= 11 is 0. The Bertz CT molecular complexity index is 146. The number of quaternary nitrogens is 1. The predicted octanol–water partition coefficient (Wildman–Crippen LogP) is 0.498. The van der Waals surface area contributed by atoms with Gasteiger partial charge >= 0.3 is 0 Å². The molecule has 11 heavy (non-hydrogen) atoms. The number of hydroxylamine groups is 3. The van der Waals surface area contributed by atoms with Crippen molar-refractivity contribution in [3.05, 3.63) is 5.21 Å². The minimum absolute atomic E-state index is 0.471. The summed E-state index contributed by atoms with van der Waals surface area (Å²) in [6.45, 7) is 2.57. The minimum Gasteiger partial charge on any atom is -0.625 e. The first-order valence-corrected chi connectivity index (χ1v) is 3.67. The lowest BCUT2D eigenvalue weighted by Crippen LogP contribution is -2.47. The van der Waals surface area contributed by atoms with Crippen LogP contribution in [0, 0.1) is 5.21 Å².